The SMILES string of the molecule is Cc1cccc(C(=O)NCCCN2CCOC2=O)c1. The molecular formula is C14H18N2O3. The molecule has 2 amide bonds. The number of benzene rings is 1. The van der Waals surface area contributed by atoms with Crippen LogP contribution >= 0.6 is 0 Å². The maximum Gasteiger partial charge on any atom is 0.409 e. The summed E-state index contributed by atoms with van der Waals surface area (Å²) in [5.41, 5.74) is 1.73. The van der Waals surface area contributed by atoms with Crippen LogP contribution in [0, 0.1) is 6.92 Å². The summed E-state index contributed by atoms with van der Waals surface area (Å²) in [5.74, 6) is -0.0762. The molecule has 102 valence electrons. The van der Waals surface area contributed by atoms with Gasteiger partial charge in [-0.1, -0.05) is 17.7 Å². The number of nitrogens with zero attached hydrogens (tertiary/aromatic N) is 1. The molecule has 0 saturated carbocycles. The second kappa shape index (κ2) is 6.22. The fraction of sp³-hybridized carbons (Fsp3) is 0.429. The van der Waals surface area contributed by atoms with Gasteiger partial charge in [0, 0.05) is 18.7 Å². The van der Waals surface area contributed by atoms with Crippen LogP contribution in [0.25, 0.3) is 0 Å². The van der Waals surface area contributed by atoms with Crippen LogP contribution in [0.5, 0.6) is 0 Å². The van der Waals surface area contributed by atoms with Crippen molar-refractivity contribution in [1.29, 1.82) is 0 Å². The van der Waals surface area contributed by atoms with E-state index in [4.69, 9.17) is 4.74 Å². The Balaban J connectivity index is 1.71. The standard InChI is InChI=1S/C14H18N2O3/c1-11-4-2-5-12(10-11)13(17)15-6-3-7-16-8-9-19-14(16)18/h2,4-5,10H,3,6-9H2,1H3,(H,15,17). The summed E-state index contributed by atoms with van der Waals surface area (Å²) >= 11 is 0. The number of carbonyl (C=O) groups is 2. The van der Waals surface area contributed by atoms with E-state index in [1.165, 1.54) is 0 Å². The molecule has 0 aliphatic carbocycles. The first kappa shape index (κ1) is 13.4. The van der Waals surface area contributed by atoms with E-state index in [0.717, 1.165) is 12.0 Å². The van der Waals surface area contributed by atoms with Gasteiger partial charge in [-0.3, -0.25) is 4.79 Å². The molecular weight excluding hydrogens is 244 g/mol. The van der Waals surface area contributed by atoms with Gasteiger partial charge in [0.25, 0.3) is 5.91 Å². The van der Waals surface area contributed by atoms with Gasteiger partial charge in [0.2, 0.25) is 0 Å². The van der Waals surface area contributed by atoms with E-state index < -0.39 is 0 Å². The van der Waals surface area contributed by atoms with Crippen LogP contribution < -0.4 is 5.32 Å². The van der Waals surface area contributed by atoms with Crippen molar-refractivity contribution >= 4 is 12.0 Å². The van der Waals surface area contributed by atoms with Crippen molar-refractivity contribution in [2.45, 2.75) is 13.3 Å². The van der Waals surface area contributed by atoms with Crippen molar-refractivity contribution in [2.24, 2.45) is 0 Å². The molecule has 0 spiro atoms. The number of aryl methyl sites for hydroxylation is 1. The third kappa shape index (κ3) is 3.71. The molecule has 0 unspecified atom stereocenters. The van der Waals surface area contributed by atoms with Crippen LogP contribution in [-0.4, -0.2) is 43.1 Å². The summed E-state index contributed by atoms with van der Waals surface area (Å²) in [6, 6.07) is 7.47. The molecule has 1 aliphatic rings. The maximum absolute atomic E-state index is 11.8. The Morgan fingerprint density at radius 3 is 3.00 bits per heavy atom. The van der Waals surface area contributed by atoms with Gasteiger partial charge in [-0.2, -0.15) is 0 Å². The van der Waals surface area contributed by atoms with Gasteiger partial charge in [0.1, 0.15) is 6.61 Å². The summed E-state index contributed by atoms with van der Waals surface area (Å²) in [4.78, 5) is 24.7. The molecule has 1 aromatic rings. The van der Waals surface area contributed by atoms with Crippen molar-refractivity contribution in [3.8, 4) is 0 Å². The van der Waals surface area contributed by atoms with Gasteiger partial charge in [0.05, 0.1) is 6.54 Å². The Bertz CT molecular complexity index is 474. The second-order valence-corrected chi connectivity index (χ2v) is 4.58. The minimum absolute atomic E-state index is 0.0762. The van der Waals surface area contributed by atoms with Gasteiger partial charge < -0.3 is 15.0 Å². The molecule has 19 heavy (non-hydrogen) atoms. The molecule has 5 nitrogen and oxygen atoms in total. The summed E-state index contributed by atoms with van der Waals surface area (Å²) in [5, 5.41) is 2.85. The zero-order chi connectivity index (χ0) is 13.7. The highest BCUT2D eigenvalue weighted by Crippen LogP contribution is 2.05. The second-order valence-electron chi connectivity index (χ2n) is 4.58. The summed E-state index contributed by atoms with van der Waals surface area (Å²) < 4.78 is 4.83. The van der Waals surface area contributed by atoms with Gasteiger partial charge in [-0.05, 0) is 25.5 Å². The lowest BCUT2D eigenvalue weighted by molar-refractivity contribution is 0.0952. The molecule has 1 aliphatic heterocycles. The Morgan fingerprint density at radius 1 is 1.47 bits per heavy atom. The Morgan fingerprint density at radius 2 is 2.32 bits per heavy atom. The van der Waals surface area contributed by atoms with Crippen LogP contribution in [-0.2, 0) is 4.74 Å². The average Bonchev–Trinajstić information content (AvgIpc) is 2.80. The normalized spacial score (nSPS) is 14.4. The first-order chi connectivity index (χ1) is 9.16. The fourth-order valence-electron chi connectivity index (χ4n) is 1.99. The predicted octanol–water partition coefficient (Wildman–Crippen LogP) is 1.57. The maximum atomic E-state index is 11.8. The lowest BCUT2D eigenvalue weighted by Crippen LogP contribution is -2.30. The zero-order valence-electron chi connectivity index (χ0n) is 11.0. The van der Waals surface area contributed by atoms with Crippen LogP contribution in [0.1, 0.15) is 22.3 Å². The monoisotopic (exact) mass is 262 g/mol. The van der Waals surface area contributed by atoms with Gasteiger partial charge in [-0.25, -0.2) is 4.79 Å². The van der Waals surface area contributed by atoms with Gasteiger partial charge in [0.15, 0.2) is 0 Å². The lowest BCUT2D eigenvalue weighted by Gasteiger charge is -2.12. The number of hydrogen-bond donors (Lipinski definition) is 1. The van der Waals surface area contributed by atoms with Crippen molar-refractivity contribution in [2.75, 3.05) is 26.2 Å². The summed E-state index contributed by atoms with van der Waals surface area (Å²) in [6.07, 6.45) is 0.470. The molecule has 5 heteroatoms. The van der Waals surface area contributed by atoms with Crippen LogP contribution in [0.2, 0.25) is 0 Å². The number of amides is 2. The smallest absolute Gasteiger partial charge is 0.409 e. The highest BCUT2D eigenvalue weighted by Gasteiger charge is 2.20. The van der Waals surface area contributed by atoms with Crippen molar-refractivity contribution in [3.63, 3.8) is 0 Å². The number of carbonyl (C=O) groups excluding carboxylic acids is 2. The molecule has 1 saturated heterocycles. The summed E-state index contributed by atoms with van der Waals surface area (Å²) in [7, 11) is 0. The van der Waals surface area contributed by atoms with E-state index in [1.807, 2.05) is 25.1 Å². The molecule has 0 aromatic heterocycles. The fourth-order valence-corrected chi connectivity index (χ4v) is 1.99. The van der Waals surface area contributed by atoms with Crippen LogP contribution in [0.3, 0.4) is 0 Å². The topological polar surface area (TPSA) is 58.6 Å². The highest BCUT2D eigenvalue weighted by molar-refractivity contribution is 5.94. The number of nitrogens with one attached hydrogen (secondary N) is 1. The Hall–Kier alpha value is -2.04. The van der Waals surface area contributed by atoms with E-state index in [-0.39, 0.29) is 12.0 Å². The summed E-state index contributed by atoms with van der Waals surface area (Å²) in [6.45, 7) is 4.23. The molecule has 2 rings (SSSR count). The van der Waals surface area contributed by atoms with E-state index in [0.29, 0.717) is 31.8 Å². The molecule has 1 aromatic carbocycles. The van der Waals surface area contributed by atoms with Crippen LogP contribution in [0.15, 0.2) is 24.3 Å². The molecule has 1 fully saturated rings. The number of cyclic esters (lactones) is 1. The van der Waals surface area contributed by atoms with Gasteiger partial charge >= 0.3 is 6.09 Å². The quantitative estimate of drug-likeness (QED) is 0.819. The minimum atomic E-state index is -0.259. The minimum Gasteiger partial charge on any atom is -0.448 e. The average molecular weight is 262 g/mol. The third-order valence-electron chi connectivity index (χ3n) is 3.02. The van der Waals surface area contributed by atoms with E-state index >= 15 is 0 Å². The molecule has 1 N–H and O–H groups in total. The van der Waals surface area contributed by atoms with E-state index in [1.54, 1.807) is 11.0 Å². The molecule has 0 radical (unpaired) electrons. The van der Waals surface area contributed by atoms with Crippen molar-refractivity contribution in [1.82, 2.24) is 10.2 Å². The largest absolute Gasteiger partial charge is 0.448 e. The van der Waals surface area contributed by atoms with Gasteiger partial charge in [-0.15, -0.1) is 0 Å². The molecule has 0 bridgehead atoms. The lowest BCUT2D eigenvalue weighted by atomic mass is 10.1. The molecule has 0 atom stereocenters. The number of hydrogen-bond acceptors (Lipinski definition) is 3. The van der Waals surface area contributed by atoms with Crippen molar-refractivity contribution < 1.29 is 14.3 Å². The first-order valence-corrected chi connectivity index (χ1v) is 6.43. The predicted molar refractivity (Wildman–Crippen MR) is 71.1 cm³/mol. The number of ether oxygens (including phenoxy) is 1. The van der Waals surface area contributed by atoms with Crippen LogP contribution in [0.4, 0.5) is 4.79 Å². The molecule has 1 heterocycles. The van der Waals surface area contributed by atoms with E-state index in [2.05, 4.69) is 5.32 Å². The Labute approximate surface area is 112 Å². The highest BCUT2D eigenvalue weighted by atomic mass is 16.6. The van der Waals surface area contributed by atoms with Crippen molar-refractivity contribution in [3.05, 3.63) is 35.4 Å². The number of rotatable bonds is 5. The van der Waals surface area contributed by atoms with E-state index in [9.17, 15) is 9.59 Å². The Kier molecular flexibility index (Phi) is 4.39. The first-order valence-electron chi connectivity index (χ1n) is 6.43. The zero-order valence-corrected chi connectivity index (χ0v) is 11.0. The third-order valence-corrected chi connectivity index (χ3v) is 3.02.